The summed E-state index contributed by atoms with van der Waals surface area (Å²) in [5, 5.41) is 19.6. The third kappa shape index (κ3) is 3.98. The zero-order chi connectivity index (χ0) is 20.8. The van der Waals surface area contributed by atoms with E-state index in [0.717, 1.165) is 48.3 Å². The van der Waals surface area contributed by atoms with Crippen LogP contribution in [0.4, 0.5) is 0 Å². The minimum atomic E-state index is -0.0943. The van der Waals surface area contributed by atoms with E-state index >= 15 is 0 Å². The summed E-state index contributed by atoms with van der Waals surface area (Å²) in [5.41, 5.74) is 2.16. The third-order valence-electron chi connectivity index (χ3n) is 10.2. The average Bonchev–Trinajstić information content (AvgIpc) is 3.04. The van der Waals surface area contributed by atoms with Crippen molar-refractivity contribution >= 4 is 0 Å². The van der Waals surface area contributed by atoms with Crippen molar-refractivity contribution in [2.45, 2.75) is 98.0 Å². The summed E-state index contributed by atoms with van der Waals surface area (Å²) in [6, 6.07) is 0. The largest absolute Gasteiger partial charge is 0.396 e. The van der Waals surface area contributed by atoms with Gasteiger partial charge in [-0.1, -0.05) is 52.2 Å². The van der Waals surface area contributed by atoms with Gasteiger partial charge in [0.2, 0.25) is 0 Å². The van der Waals surface area contributed by atoms with Crippen molar-refractivity contribution < 1.29 is 10.2 Å². The summed E-state index contributed by atoms with van der Waals surface area (Å²) < 4.78 is 0. The van der Waals surface area contributed by atoms with Gasteiger partial charge in [0.15, 0.2) is 0 Å². The van der Waals surface area contributed by atoms with Gasteiger partial charge in [0.25, 0.3) is 0 Å². The van der Waals surface area contributed by atoms with Crippen LogP contribution in [0.25, 0.3) is 0 Å². The van der Waals surface area contributed by atoms with Crippen LogP contribution < -0.4 is 0 Å². The maximum absolute atomic E-state index is 10.3. The minimum absolute atomic E-state index is 0.0943. The molecule has 0 amide bonds. The molecule has 0 aromatic rings. The molecule has 10 atom stereocenters. The van der Waals surface area contributed by atoms with E-state index in [1.54, 1.807) is 5.57 Å². The van der Waals surface area contributed by atoms with Crippen LogP contribution in [0.1, 0.15) is 91.9 Å². The number of allylic oxidation sites excluding steroid dienone is 1. The molecule has 0 heterocycles. The van der Waals surface area contributed by atoms with E-state index in [4.69, 9.17) is 0 Å². The van der Waals surface area contributed by atoms with Gasteiger partial charge in [0.1, 0.15) is 0 Å². The van der Waals surface area contributed by atoms with Crippen molar-refractivity contribution in [1.82, 2.24) is 0 Å². The molecule has 29 heavy (non-hydrogen) atoms. The molecule has 0 aromatic carbocycles. The Morgan fingerprint density at radius 3 is 2.69 bits per heavy atom. The molecular formula is C27H46O2. The first-order chi connectivity index (χ1) is 13.8. The van der Waals surface area contributed by atoms with Crippen molar-refractivity contribution in [3.63, 3.8) is 0 Å². The number of hydrogen-bond acceptors (Lipinski definition) is 2. The fourth-order valence-electron chi connectivity index (χ4n) is 8.79. The SMILES string of the molecule is CC(CO)CCC[C@@H](C)C1CCC2C3CC=C4C[C@@H](O)C[C@@H](C)C4C3CC[C@@]21C. The van der Waals surface area contributed by atoms with E-state index < -0.39 is 0 Å². The molecule has 2 nitrogen and oxygen atoms in total. The highest BCUT2D eigenvalue weighted by atomic mass is 16.3. The normalized spacial score (nSPS) is 46.3. The van der Waals surface area contributed by atoms with Crippen molar-refractivity contribution in [3.8, 4) is 0 Å². The van der Waals surface area contributed by atoms with Gasteiger partial charge in [-0.3, -0.25) is 0 Å². The molecule has 4 aliphatic rings. The van der Waals surface area contributed by atoms with Crippen LogP contribution in [0.2, 0.25) is 0 Å². The van der Waals surface area contributed by atoms with E-state index in [1.807, 2.05) is 0 Å². The highest BCUT2D eigenvalue weighted by Crippen LogP contribution is 2.65. The molecule has 0 bridgehead atoms. The molecule has 166 valence electrons. The van der Waals surface area contributed by atoms with E-state index in [0.29, 0.717) is 23.9 Å². The number of aliphatic hydroxyl groups is 2. The molecule has 3 saturated carbocycles. The van der Waals surface area contributed by atoms with Gasteiger partial charge in [-0.2, -0.15) is 0 Å². The number of rotatable bonds is 6. The zero-order valence-electron chi connectivity index (χ0n) is 19.4. The second-order valence-electron chi connectivity index (χ2n) is 12.0. The second kappa shape index (κ2) is 8.65. The number of fused-ring (bicyclic) bond motifs is 5. The lowest BCUT2D eigenvalue weighted by atomic mass is 9.50. The van der Waals surface area contributed by atoms with Crippen LogP contribution in [0, 0.1) is 52.8 Å². The molecule has 0 saturated heterocycles. The second-order valence-corrected chi connectivity index (χ2v) is 12.0. The highest BCUT2D eigenvalue weighted by Gasteiger charge is 2.57. The van der Waals surface area contributed by atoms with Gasteiger partial charge in [-0.05, 0) is 104 Å². The van der Waals surface area contributed by atoms with Gasteiger partial charge >= 0.3 is 0 Å². The van der Waals surface area contributed by atoms with E-state index in [9.17, 15) is 10.2 Å². The van der Waals surface area contributed by atoms with E-state index in [2.05, 4.69) is 33.8 Å². The lowest BCUT2D eigenvalue weighted by Gasteiger charge is -2.55. The zero-order valence-corrected chi connectivity index (χ0v) is 19.4. The van der Waals surface area contributed by atoms with Crippen molar-refractivity contribution in [2.75, 3.05) is 6.61 Å². The molecule has 2 N–H and O–H groups in total. The smallest absolute Gasteiger partial charge is 0.0580 e. The lowest BCUT2D eigenvalue weighted by Crippen LogP contribution is -2.48. The van der Waals surface area contributed by atoms with Gasteiger partial charge < -0.3 is 10.2 Å². The Kier molecular flexibility index (Phi) is 6.53. The van der Waals surface area contributed by atoms with Crippen LogP contribution in [-0.2, 0) is 0 Å². The van der Waals surface area contributed by atoms with Gasteiger partial charge in [0, 0.05) is 6.61 Å². The Morgan fingerprint density at radius 2 is 1.93 bits per heavy atom. The summed E-state index contributed by atoms with van der Waals surface area (Å²) >= 11 is 0. The molecule has 3 fully saturated rings. The first kappa shape index (κ1) is 21.9. The quantitative estimate of drug-likeness (QED) is 0.518. The first-order valence-electron chi connectivity index (χ1n) is 12.8. The Hall–Kier alpha value is -0.340. The molecule has 4 aliphatic carbocycles. The fraction of sp³-hybridized carbons (Fsp3) is 0.926. The van der Waals surface area contributed by atoms with Crippen LogP contribution in [0.15, 0.2) is 11.6 Å². The van der Waals surface area contributed by atoms with Crippen molar-refractivity contribution in [2.24, 2.45) is 52.8 Å². The van der Waals surface area contributed by atoms with Crippen LogP contribution in [-0.4, -0.2) is 22.9 Å². The molecule has 0 aliphatic heterocycles. The predicted octanol–water partition coefficient (Wildman–Crippen LogP) is 6.22. The Morgan fingerprint density at radius 1 is 1.14 bits per heavy atom. The van der Waals surface area contributed by atoms with Crippen molar-refractivity contribution in [1.29, 1.82) is 0 Å². The Balaban J connectivity index is 1.44. The molecule has 2 heteroatoms. The van der Waals surface area contributed by atoms with Gasteiger partial charge in [-0.15, -0.1) is 0 Å². The predicted molar refractivity (Wildman–Crippen MR) is 120 cm³/mol. The van der Waals surface area contributed by atoms with Crippen molar-refractivity contribution in [3.05, 3.63) is 11.6 Å². The number of hydrogen-bond donors (Lipinski definition) is 2. The maximum Gasteiger partial charge on any atom is 0.0580 e. The molecular weight excluding hydrogens is 356 g/mol. The monoisotopic (exact) mass is 402 g/mol. The topological polar surface area (TPSA) is 40.5 Å². The fourth-order valence-corrected chi connectivity index (χ4v) is 8.79. The summed E-state index contributed by atoms with van der Waals surface area (Å²) in [7, 11) is 0. The van der Waals surface area contributed by atoms with E-state index in [-0.39, 0.29) is 6.10 Å². The summed E-state index contributed by atoms with van der Waals surface area (Å²) in [6.07, 6.45) is 15.3. The first-order valence-corrected chi connectivity index (χ1v) is 12.8. The lowest BCUT2D eigenvalue weighted by molar-refractivity contribution is -0.0403. The Bertz CT molecular complexity index is 597. The van der Waals surface area contributed by atoms with Gasteiger partial charge in [0.05, 0.1) is 6.10 Å². The highest BCUT2D eigenvalue weighted by molar-refractivity contribution is 5.21. The molecule has 0 aromatic heterocycles. The third-order valence-corrected chi connectivity index (χ3v) is 10.2. The molecule has 6 unspecified atom stereocenters. The molecule has 4 rings (SSSR count). The van der Waals surface area contributed by atoms with Crippen LogP contribution in [0.5, 0.6) is 0 Å². The minimum Gasteiger partial charge on any atom is -0.396 e. The van der Waals surface area contributed by atoms with E-state index in [1.165, 1.54) is 51.4 Å². The van der Waals surface area contributed by atoms with Crippen LogP contribution in [0.3, 0.4) is 0 Å². The molecule has 0 spiro atoms. The van der Waals surface area contributed by atoms with Crippen LogP contribution >= 0.6 is 0 Å². The summed E-state index contributed by atoms with van der Waals surface area (Å²) in [4.78, 5) is 0. The summed E-state index contributed by atoms with van der Waals surface area (Å²) in [5.74, 6) is 6.30. The average molecular weight is 403 g/mol. The summed E-state index contributed by atoms with van der Waals surface area (Å²) in [6.45, 7) is 10.1. The standard InChI is InChI=1S/C27H46O2/c1-17(16-28)6-5-7-18(2)24-10-11-25-22-9-8-20-15-21(29)14-19(3)26(20)23(22)12-13-27(24,25)4/h8,17-19,21-26,28-29H,5-7,9-16H2,1-4H3/t17?,18-,19-,21+,22?,23?,24?,25?,26?,27-/m1/s1. The Labute approximate surface area is 179 Å². The van der Waals surface area contributed by atoms with Gasteiger partial charge in [-0.25, -0.2) is 0 Å². The number of aliphatic hydroxyl groups excluding tert-OH is 2. The maximum atomic E-state index is 10.3. The molecule has 0 radical (unpaired) electrons.